The van der Waals surface area contributed by atoms with Crippen LogP contribution in [0.3, 0.4) is 0 Å². The first-order valence-electron chi connectivity index (χ1n) is 6.06. The number of nitrogens with zero attached hydrogens (tertiary/aromatic N) is 2. The molecule has 0 saturated carbocycles. The number of carbonyl (C=O) groups excluding carboxylic acids is 1. The Morgan fingerprint density at radius 1 is 1.60 bits per heavy atom. The van der Waals surface area contributed by atoms with Gasteiger partial charge in [0.15, 0.2) is 0 Å². The van der Waals surface area contributed by atoms with E-state index in [1.54, 1.807) is 17.6 Å². The molecule has 0 radical (unpaired) electrons. The van der Waals surface area contributed by atoms with Crippen molar-refractivity contribution in [2.75, 3.05) is 12.5 Å². The van der Waals surface area contributed by atoms with Crippen LogP contribution in [0.15, 0.2) is 16.5 Å². The number of aryl methyl sites for hydroxylation is 2. The lowest BCUT2D eigenvalue weighted by Gasteiger charge is -1.95. The summed E-state index contributed by atoms with van der Waals surface area (Å²) >= 11 is 2.88. The van der Waals surface area contributed by atoms with Crippen molar-refractivity contribution in [3.05, 3.63) is 32.5 Å². The lowest BCUT2D eigenvalue weighted by Crippen LogP contribution is -2.01. The van der Waals surface area contributed by atoms with E-state index in [2.05, 4.69) is 15.5 Å². The van der Waals surface area contributed by atoms with Gasteiger partial charge in [0, 0.05) is 4.88 Å². The summed E-state index contributed by atoms with van der Waals surface area (Å²) in [7, 11) is 1.37. The van der Waals surface area contributed by atoms with Gasteiger partial charge < -0.3 is 4.74 Å². The number of esters is 1. The molecule has 0 unspecified atom stereocenters. The standard InChI is InChI=1S/C13H15N3O2S2/c1-4-9-11(12(17)18-3)20-13(15-9)16-14-7-10-8(2)5-6-19-10/h5-7H,4H2,1-3H3,(H,15,16)/b14-7-. The second kappa shape index (κ2) is 6.62. The van der Waals surface area contributed by atoms with Crippen LogP contribution in [0.2, 0.25) is 0 Å². The van der Waals surface area contributed by atoms with Gasteiger partial charge in [0.05, 0.1) is 19.0 Å². The minimum atomic E-state index is -0.356. The molecule has 0 bridgehead atoms. The first-order valence-corrected chi connectivity index (χ1v) is 7.76. The smallest absolute Gasteiger partial charge is 0.350 e. The minimum Gasteiger partial charge on any atom is -0.465 e. The number of nitrogens with one attached hydrogen (secondary N) is 1. The quantitative estimate of drug-likeness (QED) is 0.523. The summed E-state index contributed by atoms with van der Waals surface area (Å²) in [5, 5.41) is 6.76. The molecule has 2 aromatic rings. The van der Waals surface area contributed by atoms with Gasteiger partial charge in [0.2, 0.25) is 5.13 Å². The molecule has 0 fully saturated rings. The number of hydrogen-bond donors (Lipinski definition) is 1. The monoisotopic (exact) mass is 309 g/mol. The molecule has 0 aliphatic rings. The Bertz CT molecular complexity index is 631. The van der Waals surface area contributed by atoms with Crippen LogP contribution in [0.5, 0.6) is 0 Å². The summed E-state index contributed by atoms with van der Waals surface area (Å²) in [4.78, 5) is 17.6. The van der Waals surface area contributed by atoms with Gasteiger partial charge in [-0.15, -0.1) is 11.3 Å². The average molecular weight is 309 g/mol. The molecule has 0 aliphatic carbocycles. The molecule has 2 rings (SSSR count). The van der Waals surface area contributed by atoms with Crippen LogP contribution >= 0.6 is 22.7 Å². The molecule has 20 heavy (non-hydrogen) atoms. The fraction of sp³-hybridized carbons (Fsp3) is 0.308. The second-order valence-corrected chi connectivity index (χ2v) is 5.92. The molecule has 5 nitrogen and oxygen atoms in total. The Balaban J connectivity index is 2.10. The van der Waals surface area contributed by atoms with Gasteiger partial charge in [-0.3, -0.25) is 5.43 Å². The van der Waals surface area contributed by atoms with Crippen molar-refractivity contribution in [3.63, 3.8) is 0 Å². The number of thiazole rings is 1. The molecule has 2 aromatic heterocycles. The highest BCUT2D eigenvalue weighted by Crippen LogP contribution is 2.24. The number of anilines is 1. The van der Waals surface area contributed by atoms with E-state index in [4.69, 9.17) is 4.74 Å². The Morgan fingerprint density at radius 2 is 2.40 bits per heavy atom. The Labute approximate surface area is 125 Å². The van der Waals surface area contributed by atoms with Crippen LogP contribution in [0.25, 0.3) is 0 Å². The van der Waals surface area contributed by atoms with E-state index in [9.17, 15) is 4.79 Å². The van der Waals surface area contributed by atoms with Crippen LogP contribution in [0, 0.1) is 6.92 Å². The Morgan fingerprint density at radius 3 is 3.00 bits per heavy atom. The summed E-state index contributed by atoms with van der Waals surface area (Å²) in [5.41, 5.74) is 4.77. The normalized spacial score (nSPS) is 10.9. The van der Waals surface area contributed by atoms with Crippen LogP contribution in [0.4, 0.5) is 5.13 Å². The van der Waals surface area contributed by atoms with E-state index >= 15 is 0 Å². The third-order valence-corrected chi connectivity index (χ3v) is 4.58. The molecule has 0 atom stereocenters. The SMILES string of the molecule is CCc1nc(N/N=C\c2sccc2C)sc1C(=O)OC. The van der Waals surface area contributed by atoms with E-state index in [0.717, 1.165) is 10.6 Å². The topological polar surface area (TPSA) is 63.6 Å². The third kappa shape index (κ3) is 3.23. The molecule has 0 saturated heterocycles. The maximum absolute atomic E-state index is 11.6. The summed E-state index contributed by atoms with van der Waals surface area (Å²) in [6.45, 7) is 3.98. The van der Waals surface area contributed by atoms with Crippen molar-refractivity contribution in [2.24, 2.45) is 5.10 Å². The molecular weight excluding hydrogens is 294 g/mol. The number of methoxy groups -OCH3 is 1. The van der Waals surface area contributed by atoms with Crippen molar-refractivity contribution in [1.82, 2.24) is 4.98 Å². The lowest BCUT2D eigenvalue weighted by atomic mass is 10.3. The molecule has 1 N–H and O–H groups in total. The summed E-state index contributed by atoms with van der Waals surface area (Å²) in [5.74, 6) is -0.356. The fourth-order valence-corrected chi connectivity index (χ4v) is 3.26. The van der Waals surface area contributed by atoms with E-state index in [0.29, 0.717) is 16.4 Å². The Hall–Kier alpha value is -1.73. The van der Waals surface area contributed by atoms with Gasteiger partial charge in [-0.25, -0.2) is 9.78 Å². The van der Waals surface area contributed by atoms with Crippen LogP contribution < -0.4 is 5.43 Å². The number of aromatic nitrogens is 1. The first kappa shape index (κ1) is 14.7. The highest BCUT2D eigenvalue weighted by atomic mass is 32.1. The number of carbonyl (C=O) groups is 1. The van der Waals surface area contributed by atoms with E-state index < -0.39 is 0 Å². The number of hydrazone groups is 1. The van der Waals surface area contributed by atoms with Gasteiger partial charge in [-0.1, -0.05) is 18.3 Å². The number of ether oxygens (including phenoxy) is 1. The fourth-order valence-electron chi connectivity index (χ4n) is 1.55. The third-order valence-electron chi connectivity index (χ3n) is 2.65. The van der Waals surface area contributed by atoms with Crippen molar-refractivity contribution in [3.8, 4) is 0 Å². The average Bonchev–Trinajstić information content (AvgIpc) is 3.05. The zero-order valence-electron chi connectivity index (χ0n) is 11.5. The molecule has 2 heterocycles. The van der Waals surface area contributed by atoms with E-state index in [1.165, 1.54) is 24.0 Å². The minimum absolute atomic E-state index is 0.356. The van der Waals surface area contributed by atoms with Gasteiger partial charge >= 0.3 is 5.97 Å². The van der Waals surface area contributed by atoms with E-state index in [1.807, 2.05) is 25.3 Å². The highest BCUT2D eigenvalue weighted by Gasteiger charge is 2.17. The largest absolute Gasteiger partial charge is 0.465 e. The molecular formula is C13H15N3O2S2. The maximum atomic E-state index is 11.6. The molecule has 106 valence electrons. The summed E-state index contributed by atoms with van der Waals surface area (Å²) in [6, 6.07) is 2.04. The van der Waals surface area contributed by atoms with Gasteiger partial charge in [0.25, 0.3) is 0 Å². The van der Waals surface area contributed by atoms with Crippen molar-refractivity contribution in [2.45, 2.75) is 20.3 Å². The van der Waals surface area contributed by atoms with Gasteiger partial charge in [0.1, 0.15) is 4.88 Å². The predicted molar refractivity (Wildman–Crippen MR) is 83.1 cm³/mol. The number of rotatable bonds is 5. The van der Waals surface area contributed by atoms with Gasteiger partial charge in [-0.05, 0) is 30.4 Å². The molecule has 0 aromatic carbocycles. The maximum Gasteiger partial charge on any atom is 0.350 e. The molecule has 0 amide bonds. The van der Waals surface area contributed by atoms with Crippen molar-refractivity contribution >= 4 is 40.0 Å². The number of hydrogen-bond acceptors (Lipinski definition) is 7. The molecule has 0 aliphatic heterocycles. The van der Waals surface area contributed by atoms with Crippen LogP contribution in [-0.4, -0.2) is 24.3 Å². The van der Waals surface area contributed by atoms with Crippen LogP contribution in [-0.2, 0) is 11.2 Å². The van der Waals surface area contributed by atoms with Crippen LogP contribution in [0.1, 0.15) is 32.7 Å². The van der Waals surface area contributed by atoms with Crippen molar-refractivity contribution in [1.29, 1.82) is 0 Å². The second-order valence-electron chi connectivity index (χ2n) is 3.98. The summed E-state index contributed by atoms with van der Waals surface area (Å²) in [6.07, 6.45) is 2.43. The zero-order valence-corrected chi connectivity index (χ0v) is 13.1. The number of thiophene rings is 1. The highest BCUT2D eigenvalue weighted by molar-refractivity contribution is 7.17. The summed E-state index contributed by atoms with van der Waals surface area (Å²) < 4.78 is 4.74. The Kier molecular flexibility index (Phi) is 4.86. The lowest BCUT2D eigenvalue weighted by molar-refractivity contribution is 0.0605. The molecule has 7 heteroatoms. The molecule has 0 spiro atoms. The van der Waals surface area contributed by atoms with Crippen molar-refractivity contribution < 1.29 is 9.53 Å². The van der Waals surface area contributed by atoms with E-state index in [-0.39, 0.29) is 5.97 Å². The zero-order chi connectivity index (χ0) is 14.5. The predicted octanol–water partition coefficient (Wildman–Crippen LogP) is 3.31. The van der Waals surface area contributed by atoms with Gasteiger partial charge in [-0.2, -0.15) is 5.10 Å². The first-order chi connectivity index (χ1) is 9.65.